The van der Waals surface area contributed by atoms with E-state index >= 15 is 0 Å². The minimum Gasteiger partial charge on any atom is -0.444 e. The van der Waals surface area contributed by atoms with E-state index in [0.717, 1.165) is 5.56 Å². The van der Waals surface area contributed by atoms with E-state index < -0.39 is 5.60 Å². The Morgan fingerprint density at radius 1 is 1.07 bits per heavy atom. The highest BCUT2D eigenvalue weighted by molar-refractivity contribution is 6.33. The predicted octanol–water partition coefficient (Wildman–Crippen LogP) is 3.59. The van der Waals surface area contributed by atoms with Gasteiger partial charge in [0.15, 0.2) is 0 Å². The molecule has 1 aliphatic heterocycles. The van der Waals surface area contributed by atoms with Crippen LogP contribution >= 0.6 is 11.6 Å². The van der Waals surface area contributed by atoms with Gasteiger partial charge in [-0.15, -0.1) is 0 Å². The van der Waals surface area contributed by atoms with E-state index in [4.69, 9.17) is 16.3 Å². The molecular weight excluding hydrogens is 392 g/mol. The van der Waals surface area contributed by atoms with Gasteiger partial charge in [-0.3, -0.25) is 4.79 Å². The standard InChI is InChI=1S/C21H27ClN4O3/c1-15-17(18(22)26(23-15)14-16-8-6-5-7-9-16)19(27)24-10-12-25(13-11-24)20(28)29-21(2,3)4/h5-9H,10-14H2,1-4H3. The first-order valence-electron chi connectivity index (χ1n) is 9.70. The third-order valence-electron chi connectivity index (χ3n) is 4.67. The topological polar surface area (TPSA) is 67.7 Å². The van der Waals surface area contributed by atoms with Gasteiger partial charge in [0.1, 0.15) is 10.8 Å². The van der Waals surface area contributed by atoms with E-state index in [0.29, 0.717) is 49.1 Å². The first-order valence-corrected chi connectivity index (χ1v) is 10.1. The Labute approximate surface area is 176 Å². The van der Waals surface area contributed by atoms with Crippen molar-refractivity contribution in [3.05, 3.63) is 52.3 Å². The second-order valence-electron chi connectivity index (χ2n) is 8.15. The van der Waals surface area contributed by atoms with Crippen molar-refractivity contribution in [1.29, 1.82) is 0 Å². The molecule has 0 unspecified atom stereocenters. The van der Waals surface area contributed by atoms with Gasteiger partial charge >= 0.3 is 6.09 Å². The molecule has 0 radical (unpaired) electrons. The normalized spacial score (nSPS) is 14.8. The maximum atomic E-state index is 13.1. The number of benzene rings is 1. The van der Waals surface area contributed by atoms with Gasteiger partial charge in [0, 0.05) is 26.2 Å². The van der Waals surface area contributed by atoms with E-state index in [1.807, 2.05) is 51.1 Å². The molecular formula is C21H27ClN4O3. The van der Waals surface area contributed by atoms with Gasteiger partial charge in [0.05, 0.1) is 17.8 Å². The number of aryl methyl sites for hydroxylation is 1. The zero-order valence-corrected chi connectivity index (χ0v) is 18.1. The summed E-state index contributed by atoms with van der Waals surface area (Å²) in [6, 6.07) is 9.84. The molecule has 2 amide bonds. The monoisotopic (exact) mass is 418 g/mol. The molecule has 0 aliphatic carbocycles. The van der Waals surface area contributed by atoms with E-state index in [1.54, 1.807) is 21.4 Å². The van der Waals surface area contributed by atoms with Crippen molar-refractivity contribution in [3.63, 3.8) is 0 Å². The summed E-state index contributed by atoms with van der Waals surface area (Å²) in [6.07, 6.45) is -0.352. The van der Waals surface area contributed by atoms with Crippen LogP contribution in [0, 0.1) is 6.92 Å². The summed E-state index contributed by atoms with van der Waals surface area (Å²) in [6.45, 7) is 9.51. The molecule has 8 heteroatoms. The molecule has 0 N–H and O–H groups in total. The number of carbonyl (C=O) groups excluding carboxylic acids is 2. The highest BCUT2D eigenvalue weighted by atomic mass is 35.5. The average molecular weight is 419 g/mol. The van der Waals surface area contributed by atoms with Crippen molar-refractivity contribution in [2.45, 2.75) is 39.8 Å². The van der Waals surface area contributed by atoms with Crippen LogP contribution in [0.5, 0.6) is 0 Å². The van der Waals surface area contributed by atoms with Gasteiger partial charge in [-0.05, 0) is 33.3 Å². The maximum absolute atomic E-state index is 13.1. The van der Waals surface area contributed by atoms with Gasteiger partial charge in [-0.1, -0.05) is 41.9 Å². The molecule has 1 saturated heterocycles. The second-order valence-corrected chi connectivity index (χ2v) is 8.51. The first kappa shape index (κ1) is 21.2. The highest BCUT2D eigenvalue weighted by Gasteiger charge is 2.30. The van der Waals surface area contributed by atoms with Crippen LogP contribution in [-0.2, 0) is 11.3 Å². The molecule has 1 aromatic heterocycles. The second kappa shape index (κ2) is 8.45. The van der Waals surface area contributed by atoms with E-state index in [1.165, 1.54) is 0 Å². The fourth-order valence-electron chi connectivity index (χ4n) is 3.23. The van der Waals surface area contributed by atoms with E-state index in [9.17, 15) is 9.59 Å². The summed E-state index contributed by atoms with van der Waals surface area (Å²) < 4.78 is 7.05. The third-order valence-corrected chi connectivity index (χ3v) is 5.06. The maximum Gasteiger partial charge on any atom is 0.410 e. The van der Waals surface area contributed by atoms with Gasteiger partial charge in [-0.25, -0.2) is 9.48 Å². The van der Waals surface area contributed by atoms with Crippen LogP contribution in [0.1, 0.15) is 42.4 Å². The molecule has 1 aliphatic rings. The molecule has 1 aromatic carbocycles. The molecule has 0 atom stereocenters. The Hall–Kier alpha value is -2.54. The Morgan fingerprint density at radius 3 is 2.24 bits per heavy atom. The average Bonchev–Trinajstić information content (AvgIpc) is 2.94. The molecule has 2 heterocycles. The lowest BCUT2D eigenvalue weighted by atomic mass is 10.2. The van der Waals surface area contributed by atoms with Gasteiger partial charge < -0.3 is 14.5 Å². The molecule has 0 spiro atoms. The number of hydrogen-bond acceptors (Lipinski definition) is 4. The van der Waals surface area contributed by atoms with Crippen molar-refractivity contribution in [2.24, 2.45) is 0 Å². The van der Waals surface area contributed by atoms with Crippen LogP contribution in [0.4, 0.5) is 4.79 Å². The Bertz CT molecular complexity index is 881. The summed E-state index contributed by atoms with van der Waals surface area (Å²) in [5.41, 5.74) is 1.54. The fraction of sp³-hybridized carbons (Fsp3) is 0.476. The quantitative estimate of drug-likeness (QED) is 0.763. The zero-order chi connectivity index (χ0) is 21.2. The van der Waals surface area contributed by atoms with Crippen molar-refractivity contribution >= 4 is 23.6 Å². The SMILES string of the molecule is Cc1nn(Cc2ccccc2)c(Cl)c1C(=O)N1CCN(C(=O)OC(C)(C)C)CC1. The Morgan fingerprint density at radius 2 is 1.66 bits per heavy atom. The molecule has 7 nitrogen and oxygen atoms in total. The third kappa shape index (κ3) is 5.09. The van der Waals surface area contributed by atoms with Crippen LogP contribution in [0.2, 0.25) is 5.15 Å². The van der Waals surface area contributed by atoms with Crippen LogP contribution < -0.4 is 0 Å². The fourth-order valence-corrected chi connectivity index (χ4v) is 3.55. The number of piperazine rings is 1. The lowest BCUT2D eigenvalue weighted by Crippen LogP contribution is -2.51. The van der Waals surface area contributed by atoms with Crippen LogP contribution in [0.25, 0.3) is 0 Å². The molecule has 2 aromatic rings. The Kier molecular flexibility index (Phi) is 6.17. The predicted molar refractivity (Wildman–Crippen MR) is 111 cm³/mol. The van der Waals surface area contributed by atoms with Gasteiger partial charge in [-0.2, -0.15) is 5.10 Å². The molecule has 1 fully saturated rings. The van der Waals surface area contributed by atoms with Crippen molar-refractivity contribution in [1.82, 2.24) is 19.6 Å². The number of nitrogens with zero attached hydrogens (tertiary/aromatic N) is 4. The van der Waals surface area contributed by atoms with E-state index in [2.05, 4.69) is 5.10 Å². The Balaban J connectivity index is 1.66. The van der Waals surface area contributed by atoms with Gasteiger partial charge in [0.2, 0.25) is 0 Å². The highest BCUT2D eigenvalue weighted by Crippen LogP contribution is 2.23. The summed E-state index contributed by atoms with van der Waals surface area (Å²) in [5.74, 6) is -0.157. The number of carbonyl (C=O) groups is 2. The number of hydrogen-bond donors (Lipinski definition) is 0. The number of rotatable bonds is 3. The lowest BCUT2D eigenvalue weighted by Gasteiger charge is -2.35. The zero-order valence-electron chi connectivity index (χ0n) is 17.3. The number of ether oxygens (including phenoxy) is 1. The molecule has 0 saturated carbocycles. The largest absolute Gasteiger partial charge is 0.444 e. The minimum absolute atomic E-state index is 0.157. The summed E-state index contributed by atoms with van der Waals surface area (Å²) >= 11 is 6.51. The van der Waals surface area contributed by atoms with Crippen LogP contribution in [-0.4, -0.2) is 63.4 Å². The number of halogens is 1. The van der Waals surface area contributed by atoms with Crippen LogP contribution in [0.15, 0.2) is 30.3 Å². The summed E-state index contributed by atoms with van der Waals surface area (Å²) in [4.78, 5) is 28.6. The summed E-state index contributed by atoms with van der Waals surface area (Å²) in [5, 5.41) is 4.80. The molecule has 0 bridgehead atoms. The van der Waals surface area contributed by atoms with Crippen molar-refractivity contribution in [2.75, 3.05) is 26.2 Å². The molecule has 156 valence electrons. The van der Waals surface area contributed by atoms with Crippen LogP contribution in [0.3, 0.4) is 0 Å². The van der Waals surface area contributed by atoms with E-state index in [-0.39, 0.29) is 12.0 Å². The summed E-state index contributed by atoms with van der Waals surface area (Å²) in [7, 11) is 0. The minimum atomic E-state index is -0.540. The smallest absolute Gasteiger partial charge is 0.410 e. The van der Waals surface area contributed by atoms with Gasteiger partial charge in [0.25, 0.3) is 5.91 Å². The number of amides is 2. The van der Waals surface area contributed by atoms with Crippen molar-refractivity contribution in [3.8, 4) is 0 Å². The molecule has 29 heavy (non-hydrogen) atoms. The molecule has 3 rings (SSSR count). The number of aromatic nitrogens is 2. The van der Waals surface area contributed by atoms with Crippen molar-refractivity contribution < 1.29 is 14.3 Å². The lowest BCUT2D eigenvalue weighted by molar-refractivity contribution is 0.0140. The first-order chi connectivity index (χ1) is 13.7.